The number of hydrogen-bond acceptors (Lipinski definition) is 0. The zero-order valence-corrected chi connectivity index (χ0v) is 24.2. The summed E-state index contributed by atoms with van der Waals surface area (Å²) >= 11 is 39.0. The van der Waals surface area contributed by atoms with Gasteiger partial charge in [-0.05, 0) is 0 Å². The van der Waals surface area contributed by atoms with Crippen LogP contribution in [0.1, 0.15) is 0 Å². The van der Waals surface area contributed by atoms with Crippen LogP contribution in [-0.4, -0.2) is 15.6 Å². The van der Waals surface area contributed by atoms with E-state index in [0.29, 0.717) is 0 Å². The lowest BCUT2D eigenvalue weighted by molar-refractivity contribution is 0.762. The molecule has 0 radical (unpaired) electrons. The minimum Gasteiger partial charge on any atom is -0.0831 e. The maximum absolute atomic E-state index is 3.64. The molecule has 11 heteroatoms. The van der Waals surface area contributed by atoms with Crippen molar-refractivity contribution in [3.8, 4) is 0 Å². The predicted octanol–water partition coefficient (Wildman–Crippen LogP) is 8.40. The first-order valence-corrected chi connectivity index (χ1v) is 12.0. The zero-order chi connectivity index (χ0) is 13.6. The molecule has 0 N–H and O–H groups in total. The van der Waals surface area contributed by atoms with Gasteiger partial charge in [-0.25, -0.2) is 0 Å². The summed E-state index contributed by atoms with van der Waals surface area (Å²) in [6.07, 6.45) is 0. The van der Waals surface area contributed by atoms with Crippen LogP contribution in [0.15, 0.2) is 0 Å². The molecule has 0 aromatic rings. The second-order valence-electron chi connectivity index (χ2n) is 2.60. The fourth-order valence-corrected chi connectivity index (χ4v) is 8.66. The molecule has 0 rings (SSSR count). The molecule has 0 aromatic heterocycles. The summed E-state index contributed by atoms with van der Waals surface area (Å²) in [5.74, 6) is 0. The highest BCUT2D eigenvalue weighted by atomic mass is 80.0. The summed E-state index contributed by atoms with van der Waals surface area (Å²) in [7, 11) is 0. The molecular weight excluding hydrogens is 939 g/mol. The summed E-state index contributed by atoms with van der Waals surface area (Å²) in [5.41, 5.74) is 0. The van der Waals surface area contributed by atoms with Crippen LogP contribution in [0.5, 0.6) is 0 Å². The third-order valence-electron chi connectivity index (χ3n) is 1.38. The van der Waals surface area contributed by atoms with E-state index in [2.05, 4.69) is 175 Å². The maximum atomic E-state index is 3.64. The molecule has 1 atom stereocenters. The number of rotatable bonds is 2. The van der Waals surface area contributed by atoms with E-state index in [4.69, 9.17) is 0 Å². The first-order valence-electron chi connectivity index (χ1n) is 3.19. The van der Waals surface area contributed by atoms with E-state index in [0.717, 1.165) is 0 Å². The molecule has 0 saturated carbocycles. The summed E-state index contributed by atoms with van der Waals surface area (Å²) in [5, 5.41) is 0. The van der Waals surface area contributed by atoms with E-state index in [1.165, 1.54) is 0 Å². The van der Waals surface area contributed by atoms with Crippen LogP contribution in [-0.2, 0) is 0 Å². The van der Waals surface area contributed by atoms with Crippen molar-refractivity contribution >= 4 is 175 Å². The number of halogens is 11. The van der Waals surface area contributed by atoms with Gasteiger partial charge in [-0.3, -0.25) is 0 Å². The minimum atomic E-state index is -0.616. The van der Waals surface area contributed by atoms with Crippen molar-refractivity contribution in [3.05, 3.63) is 0 Å². The average Bonchev–Trinajstić information content (AvgIpc) is 1.98. The monoisotopic (exact) mass is 929 g/mol. The fraction of sp³-hybridized carbons (Fsp3) is 1.00. The quantitative estimate of drug-likeness (QED) is 0.245. The van der Waals surface area contributed by atoms with Crippen molar-refractivity contribution in [1.29, 1.82) is 0 Å². The number of alkyl halides is 11. The summed E-state index contributed by atoms with van der Waals surface area (Å²) in [6.45, 7) is 0. The second-order valence-corrected chi connectivity index (χ2v) is 24.2. The molecule has 0 saturated heterocycles. The first kappa shape index (κ1) is 21.3. The van der Waals surface area contributed by atoms with Crippen molar-refractivity contribution < 1.29 is 0 Å². The molecule has 0 bridgehead atoms. The normalized spacial score (nSPS) is 17.4. The Morgan fingerprint density at radius 1 is 0.625 bits per heavy atom. The molecule has 0 aliphatic heterocycles. The highest BCUT2D eigenvalue weighted by Gasteiger charge is 2.62. The molecule has 0 aliphatic rings. The lowest BCUT2D eigenvalue weighted by Crippen LogP contribution is -2.52. The third-order valence-corrected chi connectivity index (χ3v) is 18.8. The van der Waals surface area contributed by atoms with Gasteiger partial charge in [0.1, 0.15) is 8.61 Å². The molecular formula is C5HBr11. The molecule has 0 heterocycles. The standard InChI is InChI=1S/C5HBr11/c6-1(3(9,10)11)2(7,8)4(12,13)5(14,15)16/h1H. The molecule has 16 heavy (non-hydrogen) atoms. The minimum absolute atomic E-state index is 0.0988. The van der Waals surface area contributed by atoms with Crippen LogP contribution in [0, 0.1) is 0 Å². The van der Waals surface area contributed by atoms with Gasteiger partial charge in [0.2, 0.25) is 0 Å². The average molecular weight is 940 g/mol. The summed E-state index contributed by atoms with van der Waals surface area (Å²) in [4.78, 5) is -0.0988. The molecule has 98 valence electrons. The van der Waals surface area contributed by atoms with Crippen molar-refractivity contribution in [2.24, 2.45) is 0 Å². The molecule has 0 aromatic carbocycles. The Morgan fingerprint density at radius 2 is 0.938 bits per heavy atom. The predicted molar refractivity (Wildman–Crippen MR) is 113 cm³/mol. The van der Waals surface area contributed by atoms with Gasteiger partial charge >= 0.3 is 0 Å². The smallest absolute Gasteiger partial charge is 0.0831 e. The lowest BCUT2D eigenvalue weighted by Gasteiger charge is -2.45. The summed E-state index contributed by atoms with van der Waals surface area (Å²) in [6, 6.07) is 0. The van der Waals surface area contributed by atoms with E-state index in [9.17, 15) is 0 Å². The Balaban J connectivity index is 5.37. The zero-order valence-electron chi connectivity index (χ0n) is 6.73. The second kappa shape index (κ2) is 7.23. The SMILES string of the molecule is BrC(C(Br)(Br)Br)C(Br)(Br)C(Br)(Br)C(Br)(Br)Br. The Morgan fingerprint density at radius 3 is 1.12 bits per heavy atom. The first-order chi connectivity index (χ1) is 6.65. The van der Waals surface area contributed by atoms with Crippen molar-refractivity contribution in [1.82, 2.24) is 0 Å². The molecule has 0 nitrogen and oxygen atoms in total. The van der Waals surface area contributed by atoms with Gasteiger partial charge in [0, 0.05) is 0 Å². The van der Waals surface area contributed by atoms with E-state index in [1.54, 1.807) is 0 Å². The third kappa shape index (κ3) is 5.18. The van der Waals surface area contributed by atoms with E-state index in [-0.39, 0.29) is 4.83 Å². The summed E-state index contributed by atoms with van der Waals surface area (Å²) < 4.78 is -2.28. The van der Waals surface area contributed by atoms with Gasteiger partial charge in [0.15, 0.2) is 2.14 Å². The van der Waals surface area contributed by atoms with Crippen molar-refractivity contribution in [3.63, 3.8) is 0 Å². The van der Waals surface area contributed by atoms with Gasteiger partial charge in [-0.1, -0.05) is 175 Å². The van der Waals surface area contributed by atoms with E-state index >= 15 is 0 Å². The maximum Gasteiger partial charge on any atom is 0.162 e. The topological polar surface area (TPSA) is 0 Å². The van der Waals surface area contributed by atoms with Crippen LogP contribution in [0.25, 0.3) is 0 Å². The fourth-order valence-electron chi connectivity index (χ4n) is 0.554. The molecule has 0 fully saturated rings. The Labute approximate surface area is 187 Å². The van der Waals surface area contributed by atoms with Crippen LogP contribution in [0.3, 0.4) is 0 Å². The van der Waals surface area contributed by atoms with Crippen LogP contribution in [0.4, 0.5) is 0 Å². The van der Waals surface area contributed by atoms with Crippen molar-refractivity contribution in [2.45, 2.75) is 15.6 Å². The molecule has 0 aliphatic carbocycles. The Hall–Kier alpha value is 5.28. The van der Waals surface area contributed by atoms with Crippen LogP contribution < -0.4 is 0 Å². The lowest BCUT2D eigenvalue weighted by atomic mass is 10.3. The Bertz CT molecular complexity index is 244. The van der Waals surface area contributed by atoms with Gasteiger partial charge in [0.05, 0.1) is 4.83 Å². The highest BCUT2D eigenvalue weighted by molar-refractivity contribution is 9.42. The highest BCUT2D eigenvalue weighted by Crippen LogP contribution is 2.67. The molecule has 0 amide bonds. The van der Waals surface area contributed by atoms with Gasteiger partial charge in [-0.15, -0.1) is 0 Å². The molecule has 0 spiro atoms. The Kier molecular flexibility index (Phi) is 9.62. The van der Waals surface area contributed by atoms with Crippen LogP contribution in [0.2, 0.25) is 0 Å². The van der Waals surface area contributed by atoms with E-state index < -0.39 is 10.8 Å². The van der Waals surface area contributed by atoms with Gasteiger partial charge in [-0.2, -0.15) is 0 Å². The van der Waals surface area contributed by atoms with Crippen LogP contribution >= 0.6 is 175 Å². The largest absolute Gasteiger partial charge is 0.162 e. The van der Waals surface area contributed by atoms with Gasteiger partial charge < -0.3 is 0 Å². The van der Waals surface area contributed by atoms with Gasteiger partial charge in [0.25, 0.3) is 0 Å². The number of hydrogen-bond donors (Lipinski definition) is 0. The van der Waals surface area contributed by atoms with E-state index in [1.807, 2.05) is 0 Å². The molecule has 1 unspecified atom stereocenters. The van der Waals surface area contributed by atoms with Crippen molar-refractivity contribution in [2.75, 3.05) is 0 Å².